The zero-order valence-corrected chi connectivity index (χ0v) is 14.2. The lowest BCUT2D eigenvalue weighted by Gasteiger charge is -2.36. The zero-order chi connectivity index (χ0) is 17.8. The van der Waals surface area contributed by atoms with Crippen molar-refractivity contribution < 1.29 is 18.0 Å². The van der Waals surface area contributed by atoms with Gasteiger partial charge in [-0.15, -0.1) is 11.3 Å². The van der Waals surface area contributed by atoms with Gasteiger partial charge in [-0.3, -0.25) is 4.79 Å². The maximum Gasteiger partial charge on any atom is 0.413 e. The van der Waals surface area contributed by atoms with Gasteiger partial charge in [0.05, 0.1) is 10.5 Å². The molecular formula is C16H11ClF3N3OS. The minimum Gasteiger partial charge on any atom is -0.321 e. The van der Waals surface area contributed by atoms with Gasteiger partial charge in [0.25, 0.3) is 5.91 Å². The smallest absolute Gasteiger partial charge is 0.321 e. The quantitative estimate of drug-likeness (QED) is 0.624. The van der Waals surface area contributed by atoms with Crippen molar-refractivity contribution >= 4 is 34.4 Å². The Balaban J connectivity index is 1.75. The third-order valence-corrected chi connectivity index (χ3v) is 5.40. The number of alkyl halides is 3. The van der Waals surface area contributed by atoms with Crippen LogP contribution in [0.3, 0.4) is 0 Å². The molecule has 0 saturated carbocycles. The predicted molar refractivity (Wildman–Crippen MR) is 88.1 cm³/mol. The molecule has 9 heteroatoms. The Morgan fingerprint density at radius 3 is 2.88 bits per heavy atom. The molecule has 1 aliphatic rings. The van der Waals surface area contributed by atoms with Crippen LogP contribution in [0.1, 0.15) is 27.0 Å². The Labute approximate surface area is 149 Å². The molecule has 0 radical (unpaired) electrons. The van der Waals surface area contributed by atoms with Gasteiger partial charge in [0.1, 0.15) is 0 Å². The molecule has 4 nitrogen and oxygen atoms in total. The number of halogens is 4. The molecule has 0 spiro atoms. The fourth-order valence-corrected chi connectivity index (χ4v) is 4.16. The summed E-state index contributed by atoms with van der Waals surface area (Å²) in [4.78, 5) is 14.3. The molecule has 3 aromatic heterocycles. The van der Waals surface area contributed by atoms with E-state index in [0.717, 1.165) is 4.90 Å². The van der Waals surface area contributed by atoms with E-state index in [4.69, 9.17) is 11.6 Å². The van der Waals surface area contributed by atoms with E-state index >= 15 is 0 Å². The van der Waals surface area contributed by atoms with Crippen LogP contribution in [-0.2, 0) is 6.42 Å². The fraction of sp³-hybridized carbons (Fsp3) is 0.250. The maximum absolute atomic E-state index is 13.6. The summed E-state index contributed by atoms with van der Waals surface area (Å²) in [5.41, 5.74) is 0.712. The number of pyridine rings is 1. The Bertz CT molecular complexity index is 965. The van der Waals surface area contributed by atoms with Crippen LogP contribution in [0.4, 0.5) is 13.2 Å². The number of amides is 1. The number of carbonyl (C=O) groups excluding carboxylic acids is 1. The van der Waals surface area contributed by atoms with Crippen LogP contribution in [0.2, 0.25) is 5.02 Å². The number of thiophene rings is 1. The maximum atomic E-state index is 13.6. The number of aromatic nitrogens is 2. The molecule has 1 amide bonds. The largest absolute Gasteiger partial charge is 0.413 e. The van der Waals surface area contributed by atoms with Crippen LogP contribution in [0, 0.1) is 0 Å². The Kier molecular flexibility index (Phi) is 3.77. The molecule has 0 aliphatic carbocycles. The normalized spacial score (nSPS) is 17.8. The fourth-order valence-electron chi connectivity index (χ4n) is 3.10. The summed E-state index contributed by atoms with van der Waals surface area (Å²) >= 11 is 7.17. The number of rotatable bonds is 1. The van der Waals surface area contributed by atoms with E-state index < -0.39 is 18.1 Å². The number of hydrogen-bond acceptors (Lipinski definition) is 3. The van der Waals surface area contributed by atoms with Crippen molar-refractivity contribution in [1.29, 1.82) is 0 Å². The molecule has 3 aromatic rings. The van der Waals surface area contributed by atoms with Gasteiger partial charge in [0, 0.05) is 17.6 Å². The summed E-state index contributed by atoms with van der Waals surface area (Å²) in [5, 5.41) is 6.13. The standard InChI is InChI=1S/C16H11ClF3N3OS/c17-9-1-2-10-7-12(21-23(10)8-9)15(24)22-5-3-13-11(4-6-25-13)14(22)16(18,19)20/h1-2,4,6-8,14H,3,5H2. The molecule has 0 saturated heterocycles. The number of carbonyl (C=O) groups is 1. The molecule has 130 valence electrons. The molecule has 4 heterocycles. The molecule has 0 N–H and O–H groups in total. The lowest BCUT2D eigenvalue weighted by Crippen LogP contribution is -2.46. The van der Waals surface area contributed by atoms with Gasteiger partial charge in [-0.25, -0.2) is 4.52 Å². The molecule has 4 rings (SSSR count). The Morgan fingerprint density at radius 1 is 1.32 bits per heavy atom. The predicted octanol–water partition coefficient (Wildman–Crippen LogP) is 4.35. The highest BCUT2D eigenvalue weighted by atomic mass is 35.5. The summed E-state index contributed by atoms with van der Waals surface area (Å²) in [5.74, 6) is -0.737. The van der Waals surface area contributed by atoms with Crippen molar-refractivity contribution in [2.75, 3.05) is 6.54 Å². The van der Waals surface area contributed by atoms with E-state index in [2.05, 4.69) is 5.10 Å². The highest BCUT2D eigenvalue weighted by Crippen LogP contribution is 2.44. The first kappa shape index (κ1) is 16.4. The van der Waals surface area contributed by atoms with Gasteiger partial charge < -0.3 is 4.90 Å². The van der Waals surface area contributed by atoms with Crippen LogP contribution < -0.4 is 0 Å². The number of hydrogen-bond donors (Lipinski definition) is 0. The van der Waals surface area contributed by atoms with Crippen molar-refractivity contribution in [2.45, 2.75) is 18.6 Å². The lowest BCUT2D eigenvalue weighted by atomic mass is 9.99. The van der Waals surface area contributed by atoms with Gasteiger partial charge in [0.15, 0.2) is 11.7 Å². The number of nitrogens with zero attached hydrogens (tertiary/aromatic N) is 3. The second kappa shape index (κ2) is 5.74. The lowest BCUT2D eigenvalue weighted by molar-refractivity contribution is -0.181. The minimum atomic E-state index is -4.55. The van der Waals surface area contributed by atoms with Crippen molar-refractivity contribution in [3.63, 3.8) is 0 Å². The second-order valence-electron chi connectivity index (χ2n) is 5.74. The molecule has 1 unspecified atom stereocenters. The highest BCUT2D eigenvalue weighted by molar-refractivity contribution is 7.10. The van der Waals surface area contributed by atoms with Gasteiger partial charge in [-0.05, 0) is 41.6 Å². The summed E-state index contributed by atoms with van der Waals surface area (Å²) in [6.07, 6.45) is -2.64. The van der Waals surface area contributed by atoms with Crippen LogP contribution in [0.15, 0.2) is 35.8 Å². The molecule has 1 aliphatic heterocycles. The average molecular weight is 386 g/mol. The monoisotopic (exact) mass is 385 g/mol. The third kappa shape index (κ3) is 2.79. The molecule has 0 fully saturated rings. The van der Waals surface area contributed by atoms with Gasteiger partial charge in [-0.1, -0.05) is 11.6 Å². The van der Waals surface area contributed by atoms with Crippen LogP contribution >= 0.6 is 22.9 Å². The molecule has 1 atom stereocenters. The first-order valence-corrected chi connectivity index (χ1v) is 8.69. The first-order valence-electron chi connectivity index (χ1n) is 7.43. The highest BCUT2D eigenvalue weighted by Gasteiger charge is 2.49. The second-order valence-corrected chi connectivity index (χ2v) is 7.18. The van der Waals surface area contributed by atoms with E-state index in [1.54, 1.807) is 17.5 Å². The van der Waals surface area contributed by atoms with E-state index in [9.17, 15) is 18.0 Å². The van der Waals surface area contributed by atoms with Crippen LogP contribution in [0.25, 0.3) is 5.52 Å². The zero-order valence-electron chi connectivity index (χ0n) is 12.6. The molecule has 0 aromatic carbocycles. The van der Waals surface area contributed by atoms with Gasteiger partial charge in [0.2, 0.25) is 0 Å². The summed E-state index contributed by atoms with van der Waals surface area (Å²) in [7, 11) is 0. The first-order chi connectivity index (χ1) is 11.8. The van der Waals surface area contributed by atoms with E-state index in [-0.39, 0.29) is 17.8 Å². The van der Waals surface area contributed by atoms with Crippen molar-refractivity contribution in [3.05, 3.63) is 57.0 Å². The molecule has 0 bridgehead atoms. The van der Waals surface area contributed by atoms with Crippen molar-refractivity contribution in [2.24, 2.45) is 0 Å². The summed E-state index contributed by atoms with van der Waals surface area (Å²) in [6.45, 7) is 0.00511. The third-order valence-electron chi connectivity index (χ3n) is 4.18. The summed E-state index contributed by atoms with van der Waals surface area (Å²) in [6, 6.07) is 4.25. The Morgan fingerprint density at radius 2 is 2.12 bits per heavy atom. The minimum absolute atomic E-state index is 0.00511. The van der Waals surface area contributed by atoms with Gasteiger partial charge >= 0.3 is 6.18 Å². The SMILES string of the molecule is O=C(c1cc2ccc(Cl)cn2n1)N1CCc2sccc2C1C(F)(F)F. The summed E-state index contributed by atoms with van der Waals surface area (Å²) < 4.78 is 42.3. The van der Waals surface area contributed by atoms with Crippen LogP contribution in [0.5, 0.6) is 0 Å². The van der Waals surface area contributed by atoms with E-state index in [0.29, 0.717) is 21.8 Å². The van der Waals surface area contributed by atoms with E-state index in [1.807, 2.05) is 0 Å². The molecular weight excluding hydrogens is 375 g/mol. The Hall–Kier alpha value is -2.06. The topological polar surface area (TPSA) is 37.6 Å². The van der Waals surface area contributed by atoms with Crippen molar-refractivity contribution in [1.82, 2.24) is 14.5 Å². The van der Waals surface area contributed by atoms with E-state index in [1.165, 1.54) is 34.2 Å². The van der Waals surface area contributed by atoms with Crippen LogP contribution in [-0.4, -0.2) is 33.1 Å². The molecule has 25 heavy (non-hydrogen) atoms. The average Bonchev–Trinajstić information content (AvgIpc) is 3.17. The van der Waals surface area contributed by atoms with Gasteiger partial charge in [-0.2, -0.15) is 18.3 Å². The van der Waals surface area contributed by atoms with Crippen molar-refractivity contribution in [3.8, 4) is 0 Å². The number of fused-ring (bicyclic) bond motifs is 2.